The van der Waals surface area contributed by atoms with Crippen molar-refractivity contribution in [3.05, 3.63) is 0 Å². The van der Waals surface area contributed by atoms with Crippen molar-refractivity contribution in [2.24, 2.45) is 5.92 Å². The van der Waals surface area contributed by atoms with Gasteiger partial charge in [-0.25, -0.2) is 0 Å². The van der Waals surface area contributed by atoms with E-state index in [2.05, 4.69) is 6.92 Å². The Balaban J connectivity index is 4.55. The first-order chi connectivity index (χ1) is 7.21. The van der Waals surface area contributed by atoms with Crippen LogP contribution in [0.15, 0.2) is 0 Å². The van der Waals surface area contributed by atoms with E-state index < -0.39 is 18.1 Å². The monoisotopic (exact) mass is 239 g/mol. The highest BCUT2D eigenvalue weighted by Gasteiger charge is 2.45. The molecular formula is C12H24F3N. The molecule has 16 heavy (non-hydrogen) atoms. The highest BCUT2D eigenvalue weighted by Crippen LogP contribution is 2.31. The average Bonchev–Trinajstić information content (AvgIpc) is 2.10. The molecular weight excluding hydrogens is 215 g/mol. The number of halogens is 3. The Kier molecular flexibility index (Phi) is 6.38. The number of unbranched alkanes of at least 4 members (excludes halogenated alkanes) is 1. The molecule has 0 aliphatic heterocycles. The van der Waals surface area contributed by atoms with E-state index >= 15 is 0 Å². The van der Waals surface area contributed by atoms with Crippen molar-refractivity contribution >= 4 is 0 Å². The van der Waals surface area contributed by atoms with Gasteiger partial charge >= 0.3 is 6.18 Å². The minimum Gasteiger partial charge on any atom is -0.292 e. The summed E-state index contributed by atoms with van der Waals surface area (Å²) in [4.78, 5) is 1.47. The summed E-state index contributed by atoms with van der Waals surface area (Å²) >= 11 is 0. The molecule has 1 nitrogen and oxygen atoms in total. The standard InChI is InChI=1S/C12H24F3N/c1-6-7-8-10(4)16(5)11(9(2)3)12(13,14)15/h9-11H,6-8H2,1-5H3/t10?,11-/m0/s1. The molecule has 0 rings (SSSR count). The molecule has 0 aliphatic rings. The molecule has 0 aromatic heterocycles. The van der Waals surface area contributed by atoms with Crippen molar-refractivity contribution in [2.45, 2.75) is 65.2 Å². The lowest BCUT2D eigenvalue weighted by atomic mass is 9.99. The van der Waals surface area contributed by atoms with Crippen LogP contribution in [-0.2, 0) is 0 Å². The predicted molar refractivity (Wildman–Crippen MR) is 61.4 cm³/mol. The predicted octanol–water partition coefficient (Wildman–Crippen LogP) is 4.08. The van der Waals surface area contributed by atoms with Gasteiger partial charge in [-0.05, 0) is 26.3 Å². The second-order valence-electron chi connectivity index (χ2n) is 4.89. The number of hydrogen-bond acceptors (Lipinski definition) is 1. The Morgan fingerprint density at radius 1 is 1.12 bits per heavy atom. The SMILES string of the molecule is CCCCC(C)N(C)[C@@H](C(C)C)C(F)(F)F. The lowest BCUT2D eigenvalue weighted by Crippen LogP contribution is -2.50. The summed E-state index contributed by atoms with van der Waals surface area (Å²) < 4.78 is 38.6. The van der Waals surface area contributed by atoms with Gasteiger partial charge in [0.2, 0.25) is 0 Å². The van der Waals surface area contributed by atoms with Gasteiger partial charge in [0.1, 0.15) is 6.04 Å². The van der Waals surface area contributed by atoms with Gasteiger partial charge in [0.15, 0.2) is 0 Å². The summed E-state index contributed by atoms with van der Waals surface area (Å²) in [5, 5.41) is 0. The molecule has 0 N–H and O–H groups in total. The van der Waals surface area contributed by atoms with E-state index in [0.717, 1.165) is 19.3 Å². The van der Waals surface area contributed by atoms with Gasteiger partial charge in [0.05, 0.1) is 0 Å². The molecule has 0 spiro atoms. The number of hydrogen-bond donors (Lipinski definition) is 0. The first-order valence-electron chi connectivity index (χ1n) is 6.00. The number of rotatable bonds is 6. The van der Waals surface area contributed by atoms with Crippen molar-refractivity contribution in [1.29, 1.82) is 0 Å². The molecule has 0 radical (unpaired) electrons. The highest BCUT2D eigenvalue weighted by molar-refractivity contribution is 4.82. The van der Waals surface area contributed by atoms with Crippen molar-refractivity contribution in [1.82, 2.24) is 4.90 Å². The molecule has 0 bridgehead atoms. The van der Waals surface area contributed by atoms with E-state index in [1.165, 1.54) is 4.90 Å². The molecule has 98 valence electrons. The van der Waals surface area contributed by atoms with Crippen molar-refractivity contribution in [3.63, 3.8) is 0 Å². The Morgan fingerprint density at radius 2 is 1.62 bits per heavy atom. The third kappa shape index (κ3) is 4.73. The van der Waals surface area contributed by atoms with Gasteiger partial charge in [-0.15, -0.1) is 0 Å². The van der Waals surface area contributed by atoms with E-state index in [9.17, 15) is 13.2 Å². The van der Waals surface area contributed by atoms with Crippen LogP contribution in [0, 0.1) is 5.92 Å². The summed E-state index contributed by atoms with van der Waals surface area (Å²) in [6.45, 7) is 7.18. The van der Waals surface area contributed by atoms with Gasteiger partial charge in [0.25, 0.3) is 0 Å². The van der Waals surface area contributed by atoms with Crippen LogP contribution in [0.2, 0.25) is 0 Å². The second kappa shape index (κ2) is 6.48. The van der Waals surface area contributed by atoms with Crippen LogP contribution in [0.4, 0.5) is 13.2 Å². The highest BCUT2D eigenvalue weighted by atomic mass is 19.4. The maximum atomic E-state index is 12.9. The zero-order valence-corrected chi connectivity index (χ0v) is 10.9. The molecule has 1 unspecified atom stereocenters. The second-order valence-corrected chi connectivity index (χ2v) is 4.89. The lowest BCUT2D eigenvalue weighted by molar-refractivity contribution is -0.196. The minimum atomic E-state index is -4.14. The van der Waals surface area contributed by atoms with Gasteiger partial charge < -0.3 is 0 Å². The fourth-order valence-electron chi connectivity index (χ4n) is 2.06. The van der Waals surface area contributed by atoms with Crippen LogP contribution >= 0.6 is 0 Å². The summed E-state index contributed by atoms with van der Waals surface area (Å²) in [6.07, 6.45) is -1.31. The van der Waals surface area contributed by atoms with Crippen LogP contribution in [0.1, 0.15) is 47.0 Å². The Hall–Kier alpha value is -0.250. The molecule has 0 saturated heterocycles. The molecule has 0 aliphatic carbocycles. The fraction of sp³-hybridized carbons (Fsp3) is 1.00. The number of nitrogens with zero attached hydrogens (tertiary/aromatic N) is 1. The molecule has 0 saturated carbocycles. The first kappa shape index (κ1) is 15.8. The van der Waals surface area contributed by atoms with E-state index in [0.29, 0.717) is 0 Å². The summed E-state index contributed by atoms with van der Waals surface area (Å²) in [6, 6.07) is -1.35. The zero-order chi connectivity index (χ0) is 12.9. The molecule has 2 atom stereocenters. The maximum Gasteiger partial charge on any atom is 0.404 e. The largest absolute Gasteiger partial charge is 0.404 e. The van der Waals surface area contributed by atoms with Crippen LogP contribution in [0.5, 0.6) is 0 Å². The van der Waals surface area contributed by atoms with Gasteiger partial charge in [-0.3, -0.25) is 4.90 Å². The number of alkyl halides is 3. The molecule has 4 heteroatoms. The van der Waals surface area contributed by atoms with E-state index in [1.54, 1.807) is 20.9 Å². The average molecular weight is 239 g/mol. The lowest BCUT2D eigenvalue weighted by Gasteiger charge is -2.36. The molecule has 0 aromatic rings. The third-order valence-corrected chi connectivity index (χ3v) is 3.08. The molecule has 0 heterocycles. The molecule has 0 amide bonds. The molecule has 0 aromatic carbocycles. The summed E-state index contributed by atoms with van der Waals surface area (Å²) in [5.41, 5.74) is 0. The summed E-state index contributed by atoms with van der Waals surface area (Å²) in [5.74, 6) is -0.408. The van der Waals surface area contributed by atoms with Gasteiger partial charge in [-0.1, -0.05) is 33.6 Å². The topological polar surface area (TPSA) is 3.24 Å². The van der Waals surface area contributed by atoms with Crippen molar-refractivity contribution in [3.8, 4) is 0 Å². The first-order valence-corrected chi connectivity index (χ1v) is 6.00. The third-order valence-electron chi connectivity index (χ3n) is 3.08. The van der Waals surface area contributed by atoms with E-state index in [1.807, 2.05) is 6.92 Å². The fourth-order valence-corrected chi connectivity index (χ4v) is 2.06. The van der Waals surface area contributed by atoms with Crippen LogP contribution in [0.25, 0.3) is 0 Å². The smallest absolute Gasteiger partial charge is 0.292 e. The quantitative estimate of drug-likeness (QED) is 0.675. The Morgan fingerprint density at radius 3 is 1.94 bits per heavy atom. The molecule has 0 fully saturated rings. The van der Waals surface area contributed by atoms with Gasteiger partial charge in [-0.2, -0.15) is 13.2 Å². The van der Waals surface area contributed by atoms with Crippen molar-refractivity contribution < 1.29 is 13.2 Å². The van der Waals surface area contributed by atoms with Crippen LogP contribution < -0.4 is 0 Å². The maximum absolute atomic E-state index is 12.9. The normalized spacial score (nSPS) is 16.9. The van der Waals surface area contributed by atoms with Gasteiger partial charge in [0, 0.05) is 6.04 Å². The van der Waals surface area contributed by atoms with E-state index in [-0.39, 0.29) is 6.04 Å². The Labute approximate surface area is 97.0 Å². The van der Waals surface area contributed by atoms with Crippen LogP contribution in [0.3, 0.4) is 0 Å². The Bertz CT molecular complexity index is 189. The summed E-state index contributed by atoms with van der Waals surface area (Å²) in [7, 11) is 1.58. The van der Waals surface area contributed by atoms with Crippen LogP contribution in [-0.4, -0.2) is 30.2 Å². The van der Waals surface area contributed by atoms with E-state index in [4.69, 9.17) is 0 Å². The zero-order valence-electron chi connectivity index (χ0n) is 10.9. The van der Waals surface area contributed by atoms with Crippen molar-refractivity contribution in [2.75, 3.05) is 7.05 Å². The minimum absolute atomic E-state index is 0.0195.